The van der Waals surface area contributed by atoms with Crippen LogP contribution in [0.2, 0.25) is 0 Å². The molecule has 136 valence electrons. The average Bonchev–Trinajstić information content (AvgIpc) is 3.11. The molecule has 0 aromatic heterocycles. The molecule has 1 aliphatic carbocycles. The van der Waals surface area contributed by atoms with Crippen LogP contribution in [0.5, 0.6) is 0 Å². The first-order valence-electron chi connectivity index (χ1n) is 8.46. The molecular weight excluding hydrogens is 336 g/mol. The summed E-state index contributed by atoms with van der Waals surface area (Å²) in [5.74, 6) is -1.70. The van der Waals surface area contributed by atoms with Gasteiger partial charge in [-0.05, 0) is 24.0 Å². The highest BCUT2D eigenvalue weighted by molar-refractivity contribution is 5.90. The first kappa shape index (κ1) is 17.9. The van der Waals surface area contributed by atoms with E-state index in [0.717, 1.165) is 11.8 Å². The monoisotopic (exact) mass is 356 g/mol. The Morgan fingerprint density at radius 1 is 1.27 bits per heavy atom. The van der Waals surface area contributed by atoms with Gasteiger partial charge in [-0.1, -0.05) is 36.4 Å². The van der Waals surface area contributed by atoms with E-state index in [2.05, 4.69) is 0 Å². The van der Waals surface area contributed by atoms with Crippen molar-refractivity contribution in [2.75, 3.05) is 7.11 Å². The Labute approximate surface area is 151 Å². The minimum absolute atomic E-state index is 0.203. The molecule has 2 unspecified atom stereocenters. The predicted molar refractivity (Wildman–Crippen MR) is 91.6 cm³/mol. The Bertz CT molecular complexity index is 749. The normalized spacial score (nSPS) is 23.8. The molecule has 3 rings (SSSR count). The maximum Gasteiger partial charge on any atom is 0.337 e. The lowest BCUT2D eigenvalue weighted by atomic mass is 9.83. The zero-order chi connectivity index (χ0) is 18.5. The Hall–Kier alpha value is -2.89. The van der Waals surface area contributed by atoms with Crippen LogP contribution in [0.15, 0.2) is 53.8 Å². The van der Waals surface area contributed by atoms with Gasteiger partial charge in [0, 0.05) is 12.3 Å². The second-order valence-corrected chi connectivity index (χ2v) is 6.23. The van der Waals surface area contributed by atoms with E-state index in [4.69, 9.17) is 14.2 Å². The van der Waals surface area contributed by atoms with Crippen LogP contribution >= 0.6 is 0 Å². The van der Waals surface area contributed by atoms with Gasteiger partial charge in [-0.2, -0.15) is 0 Å². The van der Waals surface area contributed by atoms with E-state index in [1.54, 1.807) is 6.08 Å². The van der Waals surface area contributed by atoms with E-state index in [0.29, 0.717) is 24.0 Å². The number of aryl methyl sites for hydroxylation is 1. The second-order valence-electron chi connectivity index (χ2n) is 6.23. The molecule has 0 bridgehead atoms. The third kappa shape index (κ3) is 3.69. The molecule has 0 spiro atoms. The number of methoxy groups -OCH3 is 1. The lowest BCUT2D eigenvalue weighted by Crippen LogP contribution is -2.38. The molecule has 2 aliphatic rings. The molecule has 0 N–H and O–H groups in total. The van der Waals surface area contributed by atoms with Gasteiger partial charge in [0.1, 0.15) is 6.29 Å². The average molecular weight is 356 g/mol. The molecule has 0 amide bonds. The van der Waals surface area contributed by atoms with E-state index >= 15 is 0 Å². The highest BCUT2D eigenvalue weighted by Crippen LogP contribution is 2.43. The van der Waals surface area contributed by atoms with E-state index < -0.39 is 24.1 Å². The Morgan fingerprint density at radius 3 is 2.73 bits per heavy atom. The molecule has 6 nitrogen and oxygen atoms in total. The molecule has 1 aromatic rings. The summed E-state index contributed by atoms with van der Waals surface area (Å²) in [6.45, 7) is 0. The van der Waals surface area contributed by atoms with Crippen LogP contribution in [0.1, 0.15) is 18.4 Å². The molecule has 0 saturated carbocycles. The van der Waals surface area contributed by atoms with Gasteiger partial charge in [0.2, 0.25) is 0 Å². The van der Waals surface area contributed by atoms with Crippen molar-refractivity contribution in [1.29, 1.82) is 0 Å². The molecule has 0 saturated heterocycles. The molecule has 1 aromatic carbocycles. The third-order valence-corrected chi connectivity index (χ3v) is 4.71. The van der Waals surface area contributed by atoms with Crippen molar-refractivity contribution in [2.45, 2.75) is 25.6 Å². The van der Waals surface area contributed by atoms with E-state index in [1.807, 2.05) is 30.3 Å². The topological polar surface area (TPSA) is 78.9 Å². The predicted octanol–water partition coefficient (Wildman–Crippen LogP) is 2.34. The Kier molecular flexibility index (Phi) is 5.51. The molecule has 1 heterocycles. The Morgan fingerprint density at radius 2 is 2.04 bits per heavy atom. The van der Waals surface area contributed by atoms with Gasteiger partial charge in [-0.15, -0.1) is 0 Å². The first-order chi connectivity index (χ1) is 12.6. The van der Waals surface area contributed by atoms with Crippen LogP contribution in [0.25, 0.3) is 0 Å². The number of carbonyl (C=O) groups excluding carboxylic acids is 3. The standard InChI is InChI=1S/C20H20O6/c1-24-19(23)16-12-25-20(18-14(11-21)8-9-15(16)18)26-17(22)10-7-13-5-3-2-4-6-13/h2-6,8,11-12,15,18,20H,7,9-10H2,1H3/t15?,18?,20-/m0/s1. The summed E-state index contributed by atoms with van der Waals surface area (Å²) in [7, 11) is 1.29. The number of hydrogen-bond donors (Lipinski definition) is 0. The van der Waals surface area contributed by atoms with Gasteiger partial charge in [-0.3, -0.25) is 9.59 Å². The quantitative estimate of drug-likeness (QED) is 0.575. The summed E-state index contributed by atoms with van der Waals surface area (Å²) in [4.78, 5) is 35.5. The van der Waals surface area contributed by atoms with Gasteiger partial charge < -0.3 is 14.2 Å². The maximum atomic E-state index is 12.2. The largest absolute Gasteiger partial charge is 0.466 e. The van der Waals surface area contributed by atoms with Gasteiger partial charge >= 0.3 is 11.9 Å². The lowest BCUT2D eigenvalue weighted by molar-refractivity contribution is -0.182. The molecule has 26 heavy (non-hydrogen) atoms. The smallest absolute Gasteiger partial charge is 0.337 e. The van der Waals surface area contributed by atoms with Crippen molar-refractivity contribution in [1.82, 2.24) is 0 Å². The van der Waals surface area contributed by atoms with Crippen molar-refractivity contribution < 1.29 is 28.6 Å². The highest BCUT2D eigenvalue weighted by Gasteiger charge is 2.45. The molecular formula is C20H20O6. The van der Waals surface area contributed by atoms with Crippen molar-refractivity contribution in [3.05, 3.63) is 59.4 Å². The van der Waals surface area contributed by atoms with E-state index in [-0.39, 0.29) is 12.3 Å². The van der Waals surface area contributed by atoms with Crippen LogP contribution in [-0.4, -0.2) is 31.6 Å². The number of carbonyl (C=O) groups is 3. The minimum Gasteiger partial charge on any atom is -0.466 e. The molecule has 0 radical (unpaired) electrons. The minimum atomic E-state index is -0.921. The number of fused-ring (bicyclic) bond motifs is 1. The van der Waals surface area contributed by atoms with Gasteiger partial charge in [0.25, 0.3) is 6.29 Å². The maximum absolute atomic E-state index is 12.2. The zero-order valence-corrected chi connectivity index (χ0v) is 14.4. The summed E-state index contributed by atoms with van der Waals surface area (Å²) in [6.07, 6.45) is 4.09. The van der Waals surface area contributed by atoms with Crippen molar-refractivity contribution in [3.63, 3.8) is 0 Å². The summed E-state index contributed by atoms with van der Waals surface area (Å²) >= 11 is 0. The number of rotatable bonds is 6. The summed E-state index contributed by atoms with van der Waals surface area (Å²) in [6, 6.07) is 9.62. The molecule has 3 atom stereocenters. The lowest BCUT2D eigenvalue weighted by Gasteiger charge is -2.33. The van der Waals surface area contributed by atoms with E-state index in [9.17, 15) is 14.4 Å². The third-order valence-electron chi connectivity index (χ3n) is 4.71. The van der Waals surface area contributed by atoms with Crippen LogP contribution in [0, 0.1) is 11.8 Å². The number of allylic oxidation sites excluding steroid dienone is 1. The second kappa shape index (κ2) is 7.99. The molecule has 6 heteroatoms. The van der Waals surface area contributed by atoms with Crippen LogP contribution < -0.4 is 0 Å². The number of benzene rings is 1. The number of ether oxygens (including phenoxy) is 3. The van der Waals surface area contributed by atoms with Crippen LogP contribution in [0.3, 0.4) is 0 Å². The fourth-order valence-electron chi connectivity index (χ4n) is 3.38. The zero-order valence-electron chi connectivity index (χ0n) is 14.4. The summed E-state index contributed by atoms with van der Waals surface area (Å²) < 4.78 is 15.7. The number of esters is 2. The van der Waals surface area contributed by atoms with Crippen molar-refractivity contribution in [2.24, 2.45) is 11.8 Å². The van der Waals surface area contributed by atoms with Gasteiger partial charge in [0.15, 0.2) is 0 Å². The first-order valence-corrected chi connectivity index (χ1v) is 8.46. The van der Waals surface area contributed by atoms with Gasteiger partial charge in [0.05, 0.1) is 24.9 Å². The number of hydrogen-bond acceptors (Lipinski definition) is 6. The van der Waals surface area contributed by atoms with Crippen LogP contribution in [0.4, 0.5) is 0 Å². The fraction of sp³-hybridized carbons (Fsp3) is 0.350. The molecule has 1 aliphatic heterocycles. The van der Waals surface area contributed by atoms with E-state index in [1.165, 1.54) is 13.4 Å². The number of aldehydes is 1. The molecule has 0 fully saturated rings. The van der Waals surface area contributed by atoms with Crippen LogP contribution in [-0.2, 0) is 35.0 Å². The fourth-order valence-corrected chi connectivity index (χ4v) is 3.38. The van der Waals surface area contributed by atoms with Crippen molar-refractivity contribution >= 4 is 18.2 Å². The summed E-state index contributed by atoms with van der Waals surface area (Å²) in [5.41, 5.74) is 1.86. The highest BCUT2D eigenvalue weighted by atomic mass is 16.7. The van der Waals surface area contributed by atoms with Gasteiger partial charge in [-0.25, -0.2) is 4.79 Å². The Balaban J connectivity index is 1.67. The summed E-state index contributed by atoms with van der Waals surface area (Å²) in [5, 5.41) is 0. The van der Waals surface area contributed by atoms with Crippen molar-refractivity contribution in [3.8, 4) is 0 Å². The SMILES string of the molecule is COC(=O)C1=CO[C@@H](OC(=O)CCc2ccccc2)C2C(C=O)=CCC12.